The second-order valence-corrected chi connectivity index (χ2v) is 5.72. The van der Waals surface area contributed by atoms with E-state index in [1.807, 2.05) is 48.7 Å². The van der Waals surface area contributed by atoms with Crippen molar-refractivity contribution in [1.29, 1.82) is 0 Å². The van der Waals surface area contributed by atoms with Crippen LogP contribution in [-0.2, 0) is 6.42 Å². The molecular formula is C17H14N2OS. The SMILES string of the molecule is Cc1cc(C(=O)Cc2nc(-c3ccccc3)cs2)ccn1. The fourth-order valence-corrected chi connectivity index (χ4v) is 2.89. The van der Waals surface area contributed by atoms with Gasteiger partial charge in [0.1, 0.15) is 5.01 Å². The Hall–Kier alpha value is -2.33. The van der Waals surface area contributed by atoms with Crippen LogP contribution >= 0.6 is 11.3 Å². The number of rotatable bonds is 4. The zero-order chi connectivity index (χ0) is 14.7. The molecule has 4 heteroatoms. The predicted octanol–water partition coefficient (Wildman–Crippen LogP) is 3.94. The maximum Gasteiger partial charge on any atom is 0.169 e. The highest BCUT2D eigenvalue weighted by Crippen LogP contribution is 2.22. The van der Waals surface area contributed by atoms with Crippen molar-refractivity contribution < 1.29 is 4.79 Å². The Morgan fingerprint density at radius 3 is 2.76 bits per heavy atom. The summed E-state index contributed by atoms with van der Waals surface area (Å²) in [6, 6.07) is 13.6. The first-order valence-electron chi connectivity index (χ1n) is 6.68. The minimum absolute atomic E-state index is 0.0782. The summed E-state index contributed by atoms with van der Waals surface area (Å²) in [5.74, 6) is 0.0782. The quantitative estimate of drug-likeness (QED) is 0.684. The van der Waals surface area contributed by atoms with Gasteiger partial charge in [-0.2, -0.15) is 0 Å². The Bertz CT molecular complexity index is 765. The maximum absolute atomic E-state index is 12.3. The van der Waals surface area contributed by atoms with Gasteiger partial charge in [-0.25, -0.2) is 4.98 Å². The van der Waals surface area contributed by atoms with Gasteiger partial charge in [-0.3, -0.25) is 9.78 Å². The molecule has 0 aliphatic carbocycles. The van der Waals surface area contributed by atoms with E-state index >= 15 is 0 Å². The van der Waals surface area contributed by atoms with Gasteiger partial charge in [0.25, 0.3) is 0 Å². The lowest BCUT2D eigenvalue weighted by atomic mass is 10.1. The largest absolute Gasteiger partial charge is 0.294 e. The number of aryl methyl sites for hydroxylation is 1. The molecule has 3 aromatic rings. The minimum Gasteiger partial charge on any atom is -0.294 e. The van der Waals surface area contributed by atoms with Gasteiger partial charge < -0.3 is 0 Å². The standard InChI is InChI=1S/C17H14N2OS/c1-12-9-14(7-8-18-12)16(20)10-17-19-15(11-21-17)13-5-3-2-4-6-13/h2-9,11H,10H2,1H3. The van der Waals surface area contributed by atoms with E-state index in [2.05, 4.69) is 9.97 Å². The van der Waals surface area contributed by atoms with Crippen LogP contribution in [0.4, 0.5) is 0 Å². The van der Waals surface area contributed by atoms with Crippen molar-refractivity contribution in [3.63, 3.8) is 0 Å². The molecule has 0 spiro atoms. The molecule has 0 aliphatic heterocycles. The molecule has 104 valence electrons. The molecule has 0 N–H and O–H groups in total. The average molecular weight is 294 g/mol. The van der Waals surface area contributed by atoms with E-state index in [4.69, 9.17) is 0 Å². The Balaban J connectivity index is 1.77. The van der Waals surface area contributed by atoms with Crippen molar-refractivity contribution in [3.8, 4) is 11.3 Å². The molecule has 0 fully saturated rings. The number of Topliss-reactive ketones (excluding diaryl/α,β-unsaturated/α-hetero) is 1. The number of benzene rings is 1. The number of nitrogens with zero attached hydrogens (tertiary/aromatic N) is 2. The van der Waals surface area contributed by atoms with Crippen molar-refractivity contribution in [2.75, 3.05) is 0 Å². The second-order valence-electron chi connectivity index (χ2n) is 4.78. The highest BCUT2D eigenvalue weighted by Gasteiger charge is 2.11. The zero-order valence-corrected chi connectivity index (χ0v) is 12.4. The number of carbonyl (C=O) groups excluding carboxylic acids is 1. The first kappa shape index (κ1) is 13.6. The van der Waals surface area contributed by atoms with Gasteiger partial charge in [0.15, 0.2) is 5.78 Å². The summed E-state index contributed by atoms with van der Waals surface area (Å²) in [4.78, 5) is 20.9. The first-order chi connectivity index (χ1) is 10.2. The first-order valence-corrected chi connectivity index (χ1v) is 7.56. The van der Waals surface area contributed by atoms with Crippen LogP contribution in [0.5, 0.6) is 0 Å². The number of hydrogen-bond donors (Lipinski definition) is 0. The number of hydrogen-bond acceptors (Lipinski definition) is 4. The summed E-state index contributed by atoms with van der Waals surface area (Å²) in [7, 11) is 0. The molecule has 0 aliphatic rings. The van der Waals surface area contributed by atoms with Crippen molar-refractivity contribution in [1.82, 2.24) is 9.97 Å². The van der Waals surface area contributed by atoms with E-state index in [-0.39, 0.29) is 5.78 Å². The maximum atomic E-state index is 12.3. The van der Waals surface area contributed by atoms with Crippen LogP contribution in [0.15, 0.2) is 54.0 Å². The lowest BCUT2D eigenvalue weighted by Crippen LogP contribution is -2.04. The molecule has 0 atom stereocenters. The third-order valence-electron chi connectivity index (χ3n) is 3.15. The van der Waals surface area contributed by atoms with Crippen LogP contribution in [-0.4, -0.2) is 15.8 Å². The van der Waals surface area contributed by atoms with E-state index in [0.29, 0.717) is 12.0 Å². The van der Waals surface area contributed by atoms with Gasteiger partial charge in [-0.1, -0.05) is 30.3 Å². The summed E-state index contributed by atoms with van der Waals surface area (Å²) in [5, 5.41) is 2.84. The van der Waals surface area contributed by atoms with E-state index in [9.17, 15) is 4.79 Å². The second kappa shape index (κ2) is 5.97. The van der Waals surface area contributed by atoms with Crippen molar-refractivity contribution in [2.24, 2.45) is 0 Å². The Labute approximate surface area is 127 Å². The van der Waals surface area contributed by atoms with Gasteiger partial charge in [0.2, 0.25) is 0 Å². The molecule has 3 rings (SSSR count). The summed E-state index contributed by atoms with van der Waals surface area (Å²) < 4.78 is 0. The molecule has 0 bridgehead atoms. The smallest absolute Gasteiger partial charge is 0.169 e. The van der Waals surface area contributed by atoms with Crippen molar-refractivity contribution in [3.05, 3.63) is 70.3 Å². The monoisotopic (exact) mass is 294 g/mol. The normalized spacial score (nSPS) is 10.5. The van der Waals surface area contributed by atoms with Crippen LogP contribution in [0.1, 0.15) is 21.1 Å². The molecule has 0 saturated carbocycles. The Morgan fingerprint density at radius 2 is 2.00 bits per heavy atom. The summed E-state index contributed by atoms with van der Waals surface area (Å²) in [5.41, 5.74) is 3.55. The van der Waals surface area contributed by atoms with E-state index in [1.54, 1.807) is 12.3 Å². The molecule has 0 saturated heterocycles. The number of pyridine rings is 1. The van der Waals surface area contributed by atoms with Gasteiger partial charge in [-0.15, -0.1) is 11.3 Å². The topological polar surface area (TPSA) is 42.9 Å². The van der Waals surface area contributed by atoms with E-state index in [1.165, 1.54) is 11.3 Å². The predicted molar refractivity (Wildman–Crippen MR) is 84.6 cm³/mol. The molecule has 0 amide bonds. The van der Waals surface area contributed by atoms with Crippen molar-refractivity contribution in [2.45, 2.75) is 13.3 Å². The molecule has 0 radical (unpaired) electrons. The molecule has 2 aromatic heterocycles. The van der Waals surface area contributed by atoms with E-state index in [0.717, 1.165) is 22.0 Å². The van der Waals surface area contributed by atoms with E-state index < -0.39 is 0 Å². The van der Waals surface area contributed by atoms with Crippen LogP contribution in [0.25, 0.3) is 11.3 Å². The minimum atomic E-state index is 0.0782. The summed E-state index contributed by atoms with van der Waals surface area (Å²) >= 11 is 1.52. The fourth-order valence-electron chi connectivity index (χ4n) is 2.09. The Morgan fingerprint density at radius 1 is 1.19 bits per heavy atom. The van der Waals surface area contributed by atoms with Gasteiger partial charge in [0.05, 0.1) is 12.1 Å². The number of ketones is 1. The van der Waals surface area contributed by atoms with Crippen molar-refractivity contribution >= 4 is 17.1 Å². The molecule has 3 nitrogen and oxygen atoms in total. The third-order valence-corrected chi connectivity index (χ3v) is 4.00. The molecule has 0 unspecified atom stereocenters. The highest BCUT2D eigenvalue weighted by atomic mass is 32.1. The molecular weight excluding hydrogens is 280 g/mol. The van der Waals surface area contributed by atoms with Crippen LogP contribution in [0, 0.1) is 6.92 Å². The van der Waals surface area contributed by atoms with Crippen LogP contribution in [0.3, 0.4) is 0 Å². The molecule has 21 heavy (non-hydrogen) atoms. The zero-order valence-electron chi connectivity index (χ0n) is 11.6. The highest BCUT2D eigenvalue weighted by molar-refractivity contribution is 7.10. The summed E-state index contributed by atoms with van der Waals surface area (Å²) in [6.45, 7) is 1.88. The Kier molecular flexibility index (Phi) is 3.88. The lowest BCUT2D eigenvalue weighted by molar-refractivity contribution is 0.0992. The van der Waals surface area contributed by atoms with Gasteiger partial charge in [0, 0.05) is 28.4 Å². The van der Waals surface area contributed by atoms with Crippen LogP contribution in [0.2, 0.25) is 0 Å². The lowest BCUT2D eigenvalue weighted by Gasteiger charge is -1.99. The molecule has 2 heterocycles. The number of carbonyl (C=O) groups is 1. The fraction of sp³-hybridized carbons (Fsp3) is 0.118. The molecule has 1 aromatic carbocycles. The number of thiazole rings is 1. The third kappa shape index (κ3) is 3.23. The van der Waals surface area contributed by atoms with Gasteiger partial charge in [-0.05, 0) is 19.1 Å². The average Bonchev–Trinajstić information content (AvgIpc) is 2.97. The van der Waals surface area contributed by atoms with Crippen LogP contribution < -0.4 is 0 Å². The van der Waals surface area contributed by atoms with Gasteiger partial charge >= 0.3 is 0 Å². The summed E-state index contributed by atoms with van der Waals surface area (Å²) in [6.07, 6.45) is 2.00. The number of aromatic nitrogens is 2.